The van der Waals surface area contributed by atoms with E-state index in [1.54, 1.807) is 25.1 Å². The molecule has 2 aromatic rings. The number of hydrogen-bond acceptors (Lipinski definition) is 3. The molecular weight excluding hydrogens is 372 g/mol. The highest BCUT2D eigenvalue weighted by Crippen LogP contribution is 2.26. The van der Waals surface area contributed by atoms with Crippen LogP contribution < -0.4 is 9.62 Å². The number of hydrogen-bond donors (Lipinski definition) is 1. The van der Waals surface area contributed by atoms with Gasteiger partial charge in [0.15, 0.2) is 0 Å². The molecule has 0 heterocycles. The summed E-state index contributed by atoms with van der Waals surface area (Å²) in [6.45, 7) is 5.74. The van der Waals surface area contributed by atoms with Crippen LogP contribution >= 0.6 is 11.6 Å². The minimum absolute atomic E-state index is 0.0341. The number of nitrogens with one attached hydrogen (secondary N) is 1. The molecule has 5 nitrogen and oxygen atoms in total. The van der Waals surface area contributed by atoms with Crippen LogP contribution in [0.4, 0.5) is 11.4 Å². The summed E-state index contributed by atoms with van der Waals surface area (Å²) in [7, 11) is -3.54. The third kappa shape index (κ3) is 5.22. The molecule has 0 aliphatic rings. The first-order valence-electron chi connectivity index (χ1n) is 8.19. The number of aryl methyl sites for hydroxylation is 3. The van der Waals surface area contributed by atoms with Crippen molar-refractivity contribution in [1.82, 2.24) is 0 Å². The van der Waals surface area contributed by atoms with Crippen LogP contribution in [0, 0.1) is 20.8 Å². The zero-order valence-corrected chi connectivity index (χ0v) is 16.9. The molecule has 7 heteroatoms. The molecule has 2 rings (SSSR count). The van der Waals surface area contributed by atoms with Crippen molar-refractivity contribution in [3.63, 3.8) is 0 Å². The first-order valence-corrected chi connectivity index (χ1v) is 10.4. The van der Waals surface area contributed by atoms with E-state index in [1.807, 2.05) is 32.0 Å². The van der Waals surface area contributed by atoms with Crippen LogP contribution in [0.25, 0.3) is 0 Å². The van der Waals surface area contributed by atoms with E-state index in [0.29, 0.717) is 10.7 Å². The van der Waals surface area contributed by atoms with Crippen molar-refractivity contribution in [3.05, 3.63) is 58.1 Å². The summed E-state index contributed by atoms with van der Waals surface area (Å²) in [5.41, 5.74) is 4.06. The Morgan fingerprint density at radius 3 is 2.38 bits per heavy atom. The summed E-state index contributed by atoms with van der Waals surface area (Å²) in [4.78, 5) is 12.3. The number of amides is 1. The third-order valence-electron chi connectivity index (χ3n) is 4.04. The molecule has 26 heavy (non-hydrogen) atoms. The van der Waals surface area contributed by atoms with E-state index >= 15 is 0 Å². The average Bonchev–Trinajstić information content (AvgIpc) is 2.52. The van der Waals surface area contributed by atoms with Gasteiger partial charge in [0.2, 0.25) is 15.9 Å². The van der Waals surface area contributed by atoms with E-state index in [4.69, 9.17) is 11.6 Å². The SMILES string of the molecule is Cc1ccc(NC(=O)CCN(c2cc(Cl)ccc2C)S(C)(=O)=O)c(C)c1. The maximum atomic E-state index is 12.3. The molecule has 1 N–H and O–H groups in total. The van der Waals surface area contributed by atoms with Crippen LogP contribution in [0.15, 0.2) is 36.4 Å². The van der Waals surface area contributed by atoms with Crippen LogP contribution in [-0.2, 0) is 14.8 Å². The summed E-state index contributed by atoms with van der Waals surface area (Å²) >= 11 is 6.01. The van der Waals surface area contributed by atoms with Gasteiger partial charge in [-0.3, -0.25) is 9.10 Å². The van der Waals surface area contributed by atoms with Crippen LogP contribution in [0.5, 0.6) is 0 Å². The van der Waals surface area contributed by atoms with Gasteiger partial charge in [-0.1, -0.05) is 35.4 Å². The molecule has 0 aliphatic carbocycles. The zero-order chi connectivity index (χ0) is 19.5. The van der Waals surface area contributed by atoms with Gasteiger partial charge in [0.05, 0.1) is 11.9 Å². The summed E-state index contributed by atoms with van der Waals surface area (Å²) in [6, 6.07) is 10.8. The molecule has 0 saturated carbocycles. The van der Waals surface area contributed by atoms with Crippen LogP contribution in [-0.4, -0.2) is 27.1 Å². The predicted octanol–water partition coefficient (Wildman–Crippen LogP) is 4.06. The smallest absolute Gasteiger partial charge is 0.232 e. The Morgan fingerprint density at radius 2 is 1.77 bits per heavy atom. The van der Waals surface area contributed by atoms with E-state index in [-0.39, 0.29) is 18.9 Å². The second-order valence-corrected chi connectivity index (χ2v) is 8.73. The minimum Gasteiger partial charge on any atom is -0.326 e. The van der Waals surface area contributed by atoms with E-state index in [2.05, 4.69) is 5.32 Å². The lowest BCUT2D eigenvalue weighted by Crippen LogP contribution is -2.33. The van der Waals surface area contributed by atoms with Gasteiger partial charge in [-0.05, 0) is 50.1 Å². The van der Waals surface area contributed by atoms with Crippen LogP contribution in [0.2, 0.25) is 5.02 Å². The van der Waals surface area contributed by atoms with Gasteiger partial charge in [-0.15, -0.1) is 0 Å². The van der Waals surface area contributed by atoms with Crippen molar-refractivity contribution in [2.24, 2.45) is 0 Å². The van der Waals surface area contributed by atoms with Crippen molar-refractivity contribution >= 4 is 38.9 Å². The molecule has 0 saturated heterocycles. The maximum absolute atomic E-state index is 12.3. The fraction of sp³-hybridized carbons (Fsp3) is 0.316. The lowest BCUT2D eigenvalue weighted by atomic mass is 10.1. The molecule has 0 radical (unpaired) electrons. The van der Waals surface area contributed by atoms with Gasteiger partial charge in [-0.2, -0.15) is 0 Å². The van der Waals surface area contributed by atoms with Crippen molar-refractivity contribution < 1.29 is 13.2 Å². The van der Waals surface area contributed by atoms with Gasteiger partial charge in [0.1, 0.15) is 0 Å². The molecule has 140 valence electrons. The quantitative estimate of drug-likeness (QED) is 0.803. The highest BCUT2D eigenvalue weighted by Gasteiger charge is 2.20. The number of rotatable bonds is 6. The average molecular weight is 395 g/mol. The second-order valence-electron chi connectivity index (χ2n) is 6.38. The summed E-state index contributed by atoms with van der Waals surface area (Å²) in [6.07, 6.45) is 1.15. The Morgan fingerprint density at radius 1 is 1.08 bits per heavy atom. The number of carbonyl (C=O) groups excluding carboxylic acids is 1. The zero-order valence-electron chi connectivity index (χ0n) is 15.3. The molecule has 0 fully saturated rings. The molecule has 0 atom stereocenters. The van der Waals surface area contributed by atoms with Crippen molar-refractivity contribution in [2.45, 2.75) is 27.2 Å². The number of sulfonamides is 1. The lowest BCUT2D eigenvalue weighted by Gasteiger charge is -2.24. The van der Waals surface area contributed by atoms with Crippen LogP contribution in [0.1, 0.15) is 23.1 Å². The monoisotopic (exact) mass is 394 g/mol. The van der Waals surface area contributed by atoms with Gasteiger partial charge in [0.25, 0.3) is 0 Å². The van der Waals surface area contributed by atoms with Crippen molar-refractivity contribution in [3.8, 4) is 0 Å². The Kier molecular flexibility index (Phi) is 6.31. The van der Waals surface area contributed by atoms with Gasteiger partial charge < -0.3 is 5.32 Å². The number of benzene rings is 2. The van der Waals surface area contributed by atoms with Gasteiger partial charge >= 0.3 is 0 Å². The number of nitrogens with zero attached hydrogens (tertiary/aromatic N) is 1. The molecule has 2 aromatic carbocycles. The van der Waals surface area contributed by atoms with E-state index < -0.39 is 10.0 Å². The number of carbonyl (C=O) groups is 1. The molecule has 0 unspecified atom stereocenters. The second kappa shape index (κ2) is 8.10. The topological polar surface area (TPSA) is 66.5 Å². The highest BCUT2D eigenvalue weighted by molar-refractivity contribution is 7.92. The minimum atomic E-state index is -3.54. The highest BCUT2D eigenvalue weighted by atomic mass is 35.5. The van der Waals surface area contributed by atoms with Gasteiger partial charge in [-0.25, -0.2) is 8.42 Å². The Labute approximate surface area is 160 Å². The fourth-order valence-electron chi connectivity index (χ4n) is 2.69. The lowest BCUT2D eigenvalue weighted by molar-refractivity contribution is -0.116. The predicted molar refractivity (Wildman–Crippen MR) is 108 cm³/mol. The van der Waals surface area contributed by atoms with Gasteiger partial charge in [0, 0.05) is 23.7 Å². The Balaban J connectivity index is 2.15. The summed E-state index contributed by atoms with van der Waals surface area (Å²) in [5, 5.41) is 3.28. The van der Waals surface area contributed by atoms with E-state index in [0.717, 1.165) is 28.6 Å². The number of halogens is 1. The standard InChI is InChI=1S/C19H23ClN2O3S/c1-13-5-8-17(15(3)11-13)21-19(23)9-10-22(26(4,24)25)18-12-16(20)7-6-14(18)2/h5-8,11-12H,9-10H2,1-4H3,(H,21,23). The fourth-order valence-corrected chi connectivity index (χ4v) is 3.83. The molecule has 0 bridgehead atoms. The van der Waals surface area contributed by atoms with E-state index in [1.165, 1.54) is 4.31 Å². The normalized spacial score (nSPS) is 11.3. The first kappa shape index (κ1) is 20.3. The third-order valence-corrected chi connectivity index (χ3v) is 5.45. The van der Waals surface area contributed by atoms with Crippen LogP contribution in [0.3, 0.4) is 0 Å². The van der Waals surface area contributed by atoms with Crippen molar-refractivity contribution in [2.75, 3.05) is 22.4 Å². The number of anilines is 2. The Bertz CT molecular complexity index is 926. The molecule has 1 amide bonds. The summed E-state index contributed by atoms with van der Waals surface area (Å²) < 4.78 is 25.6. The molecular formula is C19H23ClN2O3S. The van der Waals surface area contributed by atoms with E-state index in [9.17, 15) is 13.2 Å². The Hall–Kier alpha value is -2.05. The largest absolute Gasteiger partial charge is 0.326 e. The van der Waals surface area contributed by atoms with Crippen molar-refractivity contribution in [1.29, 1.82) is 0 Å². The molecule has 0 aromatic heterocycles. The molecule has 0 spiro atoms. The summed E-state index contributed by atoms with van der Waals surface area (Å²) in [5.74, 6) is -0.245. The first-order chi connectivity index (χ1) is 12.1. The maximum Gasteiger partial charge on any atom is 0.232 e. The molecule has 0 aliphatic heterocycles.